The second-order valence-electron chi connectivity index (χ2n) is 5.66. The summed E-state index contributed by atoms with van der Waals surface area (Å²) in [7, 11) is 0. The van der Waals surface area contributed by atoms with Gasteiger partial charge in [-0.3, -0.25) is 14.6 Å². The predicted molar refractivity (Wildman–Crippen MR) is 85.8 cm³/mol. The van der Waals surface area contributed by atoms with Crippen LogP contribution >= 0.6 is 0 Å². The molecule has 1 fully saturated rings. The summed E-state index contributed by atoms with van der Waals surface area (Å²) >= 11 is 0. The van der Waals surface area contributed by atoms with E-state index in [1.165, 1.54) is 0 Å². The molecule has 2 amide bonds. The highest BCUT2D eigenvalue weighted by Crippen LogP contribution is 2.10. The van der Waals surface area contributed by atoms with Crippen LogP contribution in [0.4, 0.5) is 0 Å². The van der Waals surface area contributed by atoms with Crippen molar-refractivity contribution in [2.45, 2.75) is 12.8 Å². The van der Waals surface area contributed by atoms with Gasteiger partial charge in [0.25, 0.3) is 5.91 Å². The first-order valence-corrected chi connectivity index (χ1v) is 7.83. The van der Waals surface area contributed by atoms with Crippen molar-refractivity contribution in [2.24, 2.45) is 0 Å². The van der Waals surface area contributed by atoms with Crippen molar-refractivity contribution < 1.29 is 9.59 Å². The first-order valence-electron chi connectivity index (χ1n) is 7.83. The molecule has 2 aromatic rings. The number of nitrogens with zero attached hydrogens (tertiary/aromatic N) is 3. The third-order valence-electron chi connectivity index (χ3n) is 4.08. The molecule has 2 aromatic heterocycles. The van der Waals surface area contributed by atoms with E-state index in [1.807, 2.05) is 28.3 Å². The number of carbonyl (C=O) groups excluding carboxylic acids is 2. The molecule has 0 saturated carbocycles. The molecule has 120 valence electrons. The fourth-order valence-electron chi connectivity index (χ4n) is 2.80. The van der Waals surface area contributed by atoms with Gasteiger partial charge in [0, 0.05) is 56.5 Å². The molecule has 0 aromatic carbocycles. The third-order valence-corrected chi connectivity index (χ3v) is 4.08. The van der Waals surface area contributed by atoms with Crippen LogP contribution < -0.4 is 0 Å². The van der Waals surface area contributed by atoms with E-state index < -0.39 is 0 Å². The van der Waals surface area contributed by atoms with E-state index in [1.54, 1.807) is 24.5 Å². The molecule has 6 nitrogen and oxygen atoms in total. The summed E-state index contributed by atoms with van der Waals surface area (Å²) in [5, 5.41) is 0. The number of carbonyl (C=O) groups is 2. The Balaban J connectivity index is 1.59. The summed E-state index contributed by atoms with van der Waals surface area (Å²) in [6.45, 7) is 2.53. The second kappa shape index (κ2) is 7.09. The van der Waals surface area contributed by atoms with E-state index in [0.717, 1.165) is 12.0 Å². The Kier molecular flexibility index (Phi) is 4.71. The van der Waals surface area contributed by atoms with Crippen molar-refractivity contribution in [3.05, 3.63) is 54.1 Å². The number of hydrogen-bond donors (Lipinski definition) is 1. The number of H-pyrrole nitrogens is 1. The number of aromatic nitrogens is 2. The van der Waals surface area contributed by atoms with E-state index in [0.29, 0.717) is 38.2 Å². The van der Waals surface area contributed by atoms with Crippen LogP contribution in [0.15, 0.2) is 43.0 Å². The number of nitrogens with one attached hydrogen (secondary N) is 1. The lowest BCUT2D eigenvalue weighted by molar-refractivity contribution is -0.130. The van der Waals surface area contributed by atoms with Gasteiger partial charge in [-0.2, -0.15) is 0 Å². The molecular formula is C17H20N4O2. The van der Waals surface area contributed by atoms with Crippen molar-refractivity contribution in [1.82, 2.24) is 19.8 Å². The van der Waals surface area contributed by atoms with Crippen LogP contribution in [0.1, 0.15) is 22.3 Å². The molecule has 0 spiro atoms. The Morgan fingerprint density at radius 1 is 1.04 bits per heavy atom. The minimum atomic E-state index is 0.00679. The van der Waals surface area contributed by atoms with Gasteiger partial charge in [-0.1, -0.05) is 0 Å². The molecule has 0 radical (unpaired) electrons. The highest BCUT2D eigenvalue weighted by Gasteiger charge is 2.22. The average molecular weight is 312 g/mol. The SMILES string of the molecule is O=C(Cc1cc[nH]c1)N1CCCN(C(=O)c2ccncc2)CC1. The van der Waals surface area contributed by atoms with Crippen LogP contribution in [0.5, 0.6) is 0 Å². The van der Waals surface area contributed by atoms with E-state index in [-0.39, 0.29) is 11.8 Å². The highest BCUT2D eigenvalue weighted by molar-refractivity contribution is 5.94. The third kappa shape index (κ3) is 3.77. The highest BCUT2D eigenvalue weighted by atomic mass is 16.2. The maximum Gasteiger partial charge on any atom is 0.254 e. The lowest BCUT2D eigenvalue weighted by Gasteiger charge is -2.22. The van der Waals surface area contributed by atoms with E-state index >= 15 is 0 Å². The first kappa shape index (κ1) is 15.3. The molecule has 3 heterocycles. The van der Waals surface area contributed by atoms with Gasteiger partial charge in [0.15, 0.2) is 0 Å². The number of aromatic amines is 1. The van der Waals surface area contributed by atoms with Crippen LogP contribution in [-0.2, 0) is 11.2 Å². The fraction of sp³-hybridized carbons (Fsp3) is 0.353. The zero-order valence-corrected chi connectivity index (χ0v) is 12.9. The van der Waals surface area contributed by atoms with Crippen LogP contribution in [-0.4, -0.2) is 57.8 Å². The largest absolute Gasteiger partial charge is 0.367 e. The van der Waals surface area contributed by atoms with Crippen molar-refractivity contribution in [2.75, 3.05) is 26.2 Å². The maximum absolute atomic E-state index is 12.5. The summed E-state index contributed by atoms with van der Waals surface area (Å²) < 4.78 is 0. The molecule has 1 N–H and O–H groups in total. The summed E-state index contributed by atoms with van der Waals surface area (Å²) in [6.07, 6.45) is 8.11. The van der Waals surface area contributed by atoms with Crippen molar-refractivity contribution in [3.8, 4) is 0 Å². The van der Waals surface area contributed by atoms with Crippen LogP contribution in [0.3, 0.4) is 0 Å². The van der Waals surface area contributed by atoms with Gasteiger partial charge < -0.3 is 14.8 Å². The molecule has 0 bridgehead atoms. The van der Waals surface area contributed by atoms with Crippen LogP contribution in [0.2, 0.25) is 0 Å². The molecule has 1 aliphatic rings. The van der Waals surface area contributed by atoms with E-state index in [4.69, 9.17) is 0 Å². The summed E-state index contributed by atoms with van der Waals surface area (Å²) in [5.74, 6) is 0.121. The fourth-order valence-corrected chi connectivity index (χ4v) is 2.80. The predicted octanol–water partition coefficient (Wildman–Crippen LogP) is 1.33. The molecule has 0 atom stereocenters. The van der Waals surface area contributed by atoms with Gasteiger partial charge in [-0.05, 0) is 30.2 Å². The zero-order chi connectivity index (χ0) is 16.1. The summed E-state index contributed by atoms with van der Waals surface area (Å²) in [4.78, 5) is 35.4. The Bertz CT molecular complexity index is 654. The van der Waals surface area contributed by atoms with Gasteiger partial charge in [-0.25, -0.2) is 0 Å². The molecule has 0 unspecified atom stereocenters. The second-order valence-corrected chi connectivity index (χ2v) is 5.66. The Labute approximate surface area is 135 Å². The molecule has 1 aliphatic heterocycles. The van der Waals surface area contributed by atoms with E-state index in [2.05, 4.69) is 9.97 Å². The Hall–Kier alpha value is -2.63. The van der Waals surface area contributed by atoms with Gasteiger partial charge in [-0.15, -0.1) is 0 Å². The van der Waals surface area contributed by atoms with E-state index in [9.17, 15) is 9.59 Å². The topological polar surface area (TPSA) is 69.3 Å². The molecule has 6 heteroatoms. The lowest BCUT2D eigenvalue weighted by atomic mass is 10.2. The van der Waals surface area contributed by atoms with Crippen molar-refractivity contribution in [1.29, 1.82) is 0 Å². The van der Waals surface area contributed by atoms with Crippen molar-refractivity contribution in [3.63, 3.8) is 0 Å². The average Bonchev–Trinajstić information content (AvgIpc) is 2.96. The lowest BCUT2D eigenvalue weighted by Crippen LogP contribution is -2.37. The normalized spacial score (nSPS) is 15.3. The quantitative estimate of drug-likeness (QED) is 0.929. The summed E-state index contributed by atoms with van der Waals surface area (Å²) in [6, 6.07) is 5.36. The van der Waals surface area contributed by atoms with Crippen LogP contribution in [0, 0.1) is 0 Å². The van der Waals surface area contributed by atoms with Gasteiger partial charge >= 0.3 is 0 Å². The standard InChI is InChI=1S/C17H20N4O2/c22-16(12-14-2-5-19-13-14)20-8-1-9-21(11-10-20)17(23)15-3-6-18-7-4-15/h2-7,13,19H,1,8-12H2. The molecule has 23 heavy (non-hydrogen) atoms. The molecule has 3 rings (SSSR count). The minimum absolute atomic E-state index is 0.00679. The zero-order valence-electron chi connectivity index (χ0n) is 12.9. The molecule has 1 saturated heterocycles. The Morgan fingerprint density at radius 2 is 1.78 bits per heavy atom. The van der Waals surface area contributed by atoms with Crippen LogP contribution in [0.25, 0.3) is 0 Å². The monoisotopic (exact) mass is 312 g/mol. The summed E-state index contributed by atoms with van der Waals surface area (Å²) in [5.41, 5.74) is 1.64. The number of amides is 2. The molecule has 0 aliphatic carbocycles. The van der Waals surface area contributed by atoms with Crippen molar-refractivity contribution >= 4 is 11.8 Å². The Morgan fingerprint density at radius 3 is 2.52 bits per heavy atom. The number of hydrogen-bond acceptors (Lipinski definition) is 3. The smallest absolute Gasteiger partial charge is 0.254 e. The van der Waals surface area contributed by atoms with Gasteiger partial charge in [0.1, 0.15) is 0 Å². The van der Waals surface area contributed by atoms with Gasteiger partial charge in [0.05, 0.1) is 6.42 Å². The minimum Gasteiger partial charge on any atom is -0.367 e. The number of rotatable bonds is 3. The van der Waals surface area contributed by atoms with Gasteiger partial charge in [0.2, 0.25) is 5.91 Å². The maximum atomic E-state index is 12.5. The molecular weight excluding hydrogens is 292 g/mol. The number of pyridine rings is 1. The first-order chi connectivity index (χ1) is 11.2.